The topological polar surface area (TPSA) is 57.3 Å². The van der Waals surface area contributed by atoms with Gasteiger partial charge in [-0.05, 0) is 17.7 Å². The molecule has 21 heavy (non-hydrogen) atoms. The van der Waals surface area contributed by atoms with E-state index in [4.69, 9.17) is 4.42 Å². The average molecular weight is 282 g/mol. The average Bonchev–Trinajstić information content (AvgIpc) is 3.17. The van der Waals surface area contributed by atoms with Crippen LogP contribution in [0.2, 0.25) is 0 Å². The Morgan fingerprint density at radius 3 is 2.76 bits per heavy atom. The lowest BCUT2D eigenvalue weighted by Crippen LogP contribution is -2.00. The van der Waals surface area contributed by atoms with Gasteiger partial charge in [-0.25, -0.2) is 4.79 Å². The molecule has 5 heteroatoms. The summed E-state index contributed by atoms with van der Waals surface area (Å²) in [5.41, 5.74) is 2.15. The lowest BCUT2D eigenvalue weighted by Gasteiger charge is -1.98. The SMILES string of the molecule is COC(=O)c1ccc(Cn2cc(-c3ccccc3)cn2)o1. The summed E-state index contributed by atoms with van der Waals surface area (Å²) < 4.78 is 11.8. The van der Waals surface area contributed by atoms with Crippen LogP contribution in [0.25, 0.3) is 11.1 Å². The highest BCUT2D eigenvalue weighted by Crippen LogP contribution is 2.18. The van der Waals surface area contributed by atoms with E-state index < -0.39 is 5.97 Å². The second kappa shape index (κ2) is 5.66. The van der Waals surface area contributed by atoms with Crippen molar-refractivity contribution in [2.24, 2.45) is 0 Å². The van der Waals surface area contributed by atoms with Crippen molar-refractivity contribution >= 4 is 5.97 Å². The molecule has 0 atom stereocenters. The lowest BCUT2D eigenvalue weighted by atomic mass is 10.1. The highest BCUT2D eigenvalue weighted by molar-refractivity contribution is 5.86. The van der Waals surface area contributed by atoms with Gasteiger partial charge in [-0.3, -0.25) is 4.68 Å². The normalized spacial score (nSPS) is 10.5. The van der Waals surface area contributed by atoms with Crippen LogP contribution in [-0.2, 0) is 11.3 Å². The molecule has 0 saturated carbocycles. The number of nitrogens with zero attached hydrogens (tertiary/aromatic N) is 2. The molecular formula is C16H14N2O3. The van der Waals surface area contributed by atoms with Gasteiger partial charge in [-0.1, -0.05) is 30.3 Å². The summed E-state index contributed by atoms with van der Waals surface area (Å²) in [4.78, 5) is 11.3. The molecule has 0 unspecified atom stereocenters. The van der Waals surface area contributed by atoms with Crippen molar-refractivity contribution in [3.8, 4) is 11.1 Å². The predicted octanol–water partition coefficient (Wildman–Crippen LogP) is 2.98. The number of methoxy groups -OCH3 is 1. The first kappa shape index (κ1) is 13.2. The smallest absolute Gasteiger partial charge is 0.373 e. The number of hydrogen-bond donors (Lipinski definition) is 0. The van der Waals surface area contributed by atoms with E-state index in [1.165, 1.54) is 7.11 Å². The molecule has 0 saturated heterocycles. The maximum atomic E-state index is 11.3. The minimum atomic E-state index is -0.480. The zero-order valence-corrected chi connectivity index (χ0v) is 11.5. The number of furan rings is 1. The van der Waals surface area contributed by atoms with E-state index in [0.717, 1.165) is 11.1 Å². The molecule has 0 aliphatic rings. The molecule has 3 rings (SSSR count). The van der Waals surface area contributed by atoms with Crippen LogP contribution in [-0.4, -0.2) is 22.9 Å². The van der Waals surface area contributed by atoms with Crippen LogP contribution in [0.4, 0.5) is 0 Å². The van der Waals surface area contributed by atoms with Crippen LogP contribution in [0.5, 0.6) is 0 Å². The molecule has 0 radical (unpaired) electrons. The first-order valence-corrected chi connectivity index (χ1v) is 6.51. The van der Waals surface area contributed by atoms with Crippen molar-refractivity contribution in [3.05, 3.63) is 66.4 Å². The Morgan fingerprint density at radius 2 is 2.00 bits per heavy atom. The van der Waals surface area contributed by atoms with E-state index in [0.29, 0.717) is 12.3 Å². The van der Waals surface area contributed by atoms with E-state index in [-0.39, 0.29) is 5.76 Å². The number of ether oxygens (including phenoxy) is 1. The molecule has 0 spiro atoms. The maximum Gasteiger partial charge on any atom is 0.373 e. The van der Waals surface area contributed by atoms with Crippen molar-refractivity contribution in [1.29, 1.82) is 0 Å². The summed E-state index contributed by atoms with van der Waals surface area (Å²) in [5.74, 6) is 0.368. The monoisotopic (exact) mass is 282 g/mol. The van der Waals surface area contributed by atoms with Crippen molar-refractivity contribution in [2.45, 2.75) is 6.54 Å². The van der Waals surface area contributed by atoms with Crippen molar-refractivity contribution in [2.75, 3.05) is 7.11 Å². The number of rotatable bonds is 4. The van der Waals surface area contributed by atoms with Crippen LogP contribution < -0.4 is 0 Å². The zero-order valence-electron chi connectivity index (χ0n) is 11.5. The molecule has 5 nitrogen and oxygen atoms in total. The Balaban J connectivity index is 1.76. The van der Waals surface area contributed by atoms with E-state index in [2.05, 4.69) is 9.84 Å². The molecule has 2 aromatic heterocycles. The lowest BCUT2D eigenvalue weighted by molar-refractivity contribution is 0.0563. The molecule has 2 heterocycles. The standard InChI is InChI=1S/C16H14N2O3/c1-20-16(19)15-8-7-14(21-15)11-18-10-13(9-17-18)12-5-3-2-4-6-12/h2-10H,11H2,1H3. The van der Waals surface area contributed by atoms with Gasteiger partial charge in [0.2, 0.25) is 5.76 Å². The van der Waals surface area contributed by atoms with Gasteiger partial charge in [-0.2, -0.15) is 5.10 Å². The first-order chi connectivity index (χ1) is 10.3. The Kier molecular flexibility index (Phi) is 3.55. The summed E-state index contributed by atoms with van der Waals surface area (Å²) in [6.45, 7) is 0.462. The van der Waals surface area contributed by atoms with Gasteiger partial charge in [0, 0.05) is 11.8 Å². The van der Waals surface area contributed by atoms with Gasteiger partial charge >= 0.3 is 5.97 Å². The minimum Gasteiger partial charge on any atom is -0.463 e. The van der Waals surface area contributed by atoms with Gasteiger partial charge in [0.15, 0.2) is 0 Å². The van der Waals surface area contributed by atoms with Gasteiger partial charge in [0.1, 0.15) is 5.76 Å². The third-order valence-corrected chi connectivity index (χ3v) is 3.11. The molecule has 1 aromatic carbocycles. The molecule has 3 aromatic rings. The van der Waals surface area contributed by atoms with Crippen LogP contribution >= 0.6 is 0 Å². The fourth-order valence-electron chi connectivity index (χ4n) is 2.06. The Morgan fingerprint density at radius 1 is 1.19 bits per heavy atom. The van der Waals surface area contributed by atoms with E-state index in [9.17, 15) is 4.79 Å². The second-order valence-electron chi connectivity index (χ2n) is 4.55. The summed E-state index contributed by atoms with van der Waals surface area (Å²) in [6, 6.07) is 13.4. The number of esters is 1. The zero-order chi connectivity index (χ0) is 14.7. The van der Waals surface area contributed by atoms with Gasteiger partial charge in [0.25, 0.3) is 0 Å². The van der Waals surface area contributed by atoms with Crippen LogP contribution in [0.15, 0.2) is 59.3 Å². The molecule has 0 aliphatic carbocycles. The largest absolute Gasteiger partial charge is 0.463 e. The molecule has 0 amide bonds. The maximum absolute atomic E-state index is 11.3. The fourth-order valence-corrected chi connectivity index (χ4v) is 2.06. The van der Waals surface area contributed by atoms with Gasteiger partial charge in [-0.15, -0.1) is 0 Å². The third kappa shape index (κ3) is 2.86. The molecule has 0 bridgehead atoms. The van der Waals surface area contributed by atoms with Gasteiger partial charge < -0.3 is 9.15 Å². The molecule has 0 N–H and O–H groups in total. The summed E-state index contributed by atoms with van der Waals surface area (Å²) in [5, 5.41) is 4.30. The Bertz CT molecular complexity index is 744. The molecular weight excluding hydrogens is 268 g/mol. The number of carbonyl (C=O) groups is 1. The molecule has 0 fully saturated rings. The summed E-state index contributed by atoms with van der Waals surface area (Å²) in [6.07, 6.45) is 3.75. The quantitative estimate of drug-likeness (QED) is 0.690. The van der Waals surface area contributed by atoms with Crippen LogP contribution in [0, 0.1) is 0 Å². The summed E-state index contributed by atoms with van der Waals surface area (Å²) in [7, 11) is 1.32. The van der Waals surface area contributed by atoms with Crippen LogP contribution in [0.1, 0.15) is 16.3 Å². The predicted molar refractivity (Wildman–Crippen MR) is 76.8 cm³/mol. The number of benzene rings is 1. The van der Waals surface area contributed by atoms with E-state index in [1.54, 1.807) is 23.0 Å². The fraction of sp³-hybridized carbons (Fsp3) is 0.125. The minimum absolute atomic E-state index is 0.197. The third-order valence-electron chi connectivity index (χ3n) is 3.11. The molecule has 0 aliphatic heterocycles. The number of hydrogen-bond acceptors (Lipinski definition) is 4. The Labute approximate surface area is 121 Å². The van der Waals surface area contributed by atoms with Crippen molar-refractivity contribution < 1.29 is 13.9 Å². The van der Waals surface area contributed by atoms with E-state index in [1.807, 2.05) is 36.5 Å². The van der Waals surface area contributed by atoms with Crippen LogP contribution in [0.3, 0.4) is 0 Å². The number of carbonyl (C=O) groups excluding carboxylic acids is 1. The second-order valence-corrected chi connectivity index (χ2v) is 4.55. The van der Waals surface area contributed by atoms with Crippen molar-refractivity contribution in [3.63, 3.8) is 0 Å². The number of aromatic nitrogens is 2. The van der Waals surface area contributed by atoms with E-state index >= 15 is 0 Å². The highest BCUT2D eigenvalue weighted by atomic mass is 16.5. The van der Waals surface area contributed by atoms with Crippen molar-refractivity contribution in [1.82, 2.24) is 9.78 Å². The first-order valence-electron chi connectivity index (χ1n) is 6.51. The summed E-state index contributed by atoms with van der Waals surface area (Å²) >= 11 is 0. The highest BCUT2D eigenvalue weighted by Gasteiger charge is 2.11. The molecule has 106 valence electrons. The Hall–Kier alpha value is -2.82. The van der Waals surface area contributed by atoms with Gasteiger partial charge in [0.05, 0.1) is 19.9 Å².